The van der Waals surface area contributed by atoms with Crippen LogP contribution in [-0.4, -0.2) is 42.7 Å². The second kappa shape index (κ2) is 6.56. The molecule has 104 valence electrons. The number of hydrogen-bond acceptors (Lipinski definition) is 5. The summed E-state index contributed by atoms with van der Waals surface area (Å²) in [7, 11) is 1.64. The number of ether oxygens (including phenoxy) is 1. The van der Waals surface area contributed by atoms with Gasteiger partial charge >= 0.3 is 0 Å². The number of nitrogens with zero attached hydrogens (tertiary/aromatic N) is 2. The van der Waals surface area contributed by atoms with Crippen molar-refractivity contribution in [3.05, 3.63) is 23.8 Å². The summed E-state index contributed by atoms with van der Waals surface area (Å²) in [6.07, 6.45) is 1.14. The zero-order valence-electron chi connectivity index (χ0n) is 11.0. The predicted octanol–water partition coefficient (Wildman–Crippen LogP) is 1.73. The van der Waals surface area contributed by atoms with Crippen LogP contribution in [0.1, 0.15) is 12.0 Å². The molecule has 0 saturated carbocycles. The third-order valence-corrected chi connectivity index (χ3v) is 4.20. The van der Waals surface area contributed by atoms with E-state index in [4.69, 9.17) is 15.7 Å². The predicted molar refractivity (Wildman–Crippen MR) is 79.7 cm³/mol. The Morgan fingerprint density at radius 2 is 2.26 bits per heavy atom. The topological polar surface area (TPSA) is 71.1 Å². The highest BCUT2D eigenvalue weighted by atomic mass is 32.2. The van der Waals surface area contributed by atoms with E-state index in [1.54, 1.807) is 7.11 Å². The third-order valence-electron chi connectivity index (χ3n) is 3.15. The lowest BCUT2D eigenvalue weighted by molar-refractivity contribution is 0.318. The fraction of sp³-hybridized carbons (Fsp3) is 0.462. The second-order valence-electron chi connectivity index (χ2n) is 4.32. The summed E-state index contributed by atoms with van der Waals surface area (Å²) >= 11 is 1.96. The van der Waals surface area contributed by atoms with E-state index in [1.165, 1.54) is 5.75 Å². The number of oxime groups is 1. The summed E-state index contributed by atoms with van der Waals surface area (Å²) in [5.41, 5.74) is 7.47. The summed E-state index contributed by atoms with van der Waals surface area (Å²) in [5, 5.41) is 12.0. The van der Waals surface area contributed by atoms with Crippen LogP contribution in [0.15, 0.2) is 23.4 Å². The van der Waals surface area contributed by atoms with Crippen LogP contribution in [0.2, 0.25) is 0 Å². The second-order valence-corrected chi connectivity index (χ2v) is 5.55. The lowest BCUT2D eigenvalue weighted by Crippen LogP contribution is -2.28. The number of benzene rings is 1. The lowest BCUT2D eigenvalue weighted by atomic mass is 10.1. The molecule has 0 amide bonds. The molecule has 0 atom stereocenters. The molecule has 0 spiro atoms. The first-order valence-corrected chi connectivity index (χ1v) is 7.40. The minimum Gasteiger partial charge on any atom is -0.497 e. The first kappa shape index (κ1) is 13.9. The van der Waals surface area contributed by atoms with E-state index in [0.29, 0.717) is 0 Å². The summed E-state index contributed by atoms with van der Waals surface area (Å²) in [6, 6.07) is 5.61. The van der Waals surface area contributed by atoms with E-state index in [2.05, 4.69) is 10.1 Å². The van der Waals surface area contributed by atoms with E-state index in [-0.39, 0.29) is 5.84 Å². The SMILES string of the molecule is COc1ccc(/C(N)=N/O)c(N2CCCSCC2)c1. The van der Waals surface area contributed by atoms with Crippen LogP contribution in [0.4, 0.5) is 5.69 Å². The number of thioether (sulfide) groups is 1. The molecule has 0 radical (unpaired) electrons. The molecule has 1 aromatic rings. The van der Waals surface area contributed by atoms with Crippen LogP contribution in [-0.2, 0) is 0 Å². The largest absolute Gasteiger partial charge is 0.497 e. The molecule has 1 heterocycles. The summed E-state index contributed by atoms with van der Waals surface area (Å²) in [5.74, 6) is 3.18. The van der Waals surface area contributed by atoms with Crippen LogP contribution in [0.3, 0.4) is 0 Å². The first-order valence-electron chi connectivity index (χ1n) is 6.25. The zero-order chi connectivity index (χ0) is 13.7. The number of hydrogen-bond donors (Lipinski definition) is 2. The fourth-order valence-electron chi connectivity index (χ4n) is 2.16. The molecule has 0 aliphatic carbocycles. The van der Waals surface area contributed by atoms with Gasteiger partial charge in [0.2, 0.25) is 0 Å². The molecule has 6 heteroatoms. The van der Waals surface area contributed by atoms with Gasteiger partial charge in [0.1, 0.15) is 5.75 Å². The molecule has 1 saturated heterocycles. The molecule has 0 aromatic heterocycles. The van der Waals surface area contributed by atoms with Gasteiger partial charge in [-0.2, -0.15) is 11.8 Å². The molecule has 1 aliphatic heterocycles. The minimum atomic E-state index is 0.134. The van der Waals surface area contributed by atoms with E-state index in [9.17, 15) is 0 Å². The van der Waals surface area contributed by atoms with Crippen molar-refractivity contribution in [1.82, 2.24) is 0 Å². The quantitative estimate of drug-likeness (QED) is 0.382. The van der Waals surface area contributed by atoms with Gasteiger partial charge in [0.15, 0.2) is 5.84 Å². The van der Waals surface area contributed by atoms with Gasteiger partial charge in [0.25, 0.3) is 0 Å². The van der Waals surface area contributed by atoms with Crippen molar-refractivity contribution >= 4 is 23.3 Å². The normalized spacial score (nSPS) is 17.1. The van der Waals surface area contributed by atoms with Crippen molar-refractivity contribution in [2.24, 2.45) is 10.9 Å². The average molecular weight is 281 g/mol. The number of amidine groups is 1. The highest BCUT2D eigenvalue weighted by Crippen LogP contribution is 2.28. The monoisotopic (exact) mass is 281 g/mol. The highest BCUT2D eigenvalue weighted by molar-refractivity contribution is 7.99. The maximum absolute atomic E-state index is 8.90. The van der Waals surface area contributed by atoms with Crippen LogP contribution in [0, 0.1) is 0 Å². The van der Waals surface area contributed by atoms with E-state index < -0.39 is 0 Å². The van der Waals surface area contributed by atoms with Gasteiger partial charge in [-0.25, -0.2) is 0 Å². The smallest absolute Gasteiger partial charge is 0.172 e. The van der Waals surface area contributed by atoms with Gasteiger partial charge < -0.3 is 20.6 Å². The molecule has 0 bridgehead atoms. The number of anilines is 1. The van der Waals surface area contributed by atoms with Crippen LogP contribution in [0.25, 0.3) is 0 Å². The number of rotatable bonds is 3. The lowest BCUT2D eigenvalue weighted by Gasteiger charge is -2.25. The molecule has 1 aromatic carbocycles. The third kappa shape index (κ3) is 3.26. The van der Waals surface area contributed by atoms with Crippen LogP contribution >= 0.6 is 11.8 Å². The van der Waals surface area contributed by atoms with Crippen molar-refractivity contribution < 1.29 is 9.94 Å². The van der Waals surface area contributed by atoms with Gasteiger partial charge in [0, 0.05) is 30.5 Å². The van der Waals surface area contributed by atoms with E-state index >= 15 is 0 Å². The van der Waals surface area contributed by atoms with E-state index in [0.717, 1.165) is 42.3 Å². The standard InChI is InChI=1S/C13H19N3O2S/c1-18-10-3-4-11(13(14)15-17)12(9-10)16-5-2-7-19-8-6-16/h3-4,9,17H,2,5-8H2,1H3,(H2,14,15). The number of nitrogens with two attached hydrogens (primary N) is 1. The van der Waals surface area contributed by atoms with Crippen LogP contribution in [0.5, 0.6) is 5.75 Å². The Kier molecular flexibility index (Phi) is 4.79. The van der Waals surface area contributed by atoms with Gasteiger partial charge in [-0.15, -0.1) is 0 Å². The fourth-order valence-corrected chi connectivity index (χ4v) is 3.04. The van der Waals surface area contributed by atoms with Gasteiger partial charge in [-0.3, -0.25) is 0 Å². The summed E-state index contributed by atoms with van der Waals surface area (Å²) in [6.45, 7) is 1.94. The molecule has 1 aliphatic rings. The maximum Gasteiger partial charge on any atom is 0.172 e. The Labute approximate surface area is 117 Å². The van der Waals surface area contributed by atoms with Gasteiger partial charge in [-0.1, -0.05) is 5.16 Å². The Hall–Kier alpha value is -1.56. The summed E-state index contributed by atoms with van der Waals surface area (Å²) in [4.78, 5) is 2.27. The highest BCUT2D eigenvalue weighted by Gasteiger charge is 2.16. The molecule has 5 nitrogen and oxygen atoms in total. The molecule has 19 heavy (non-hydrogen) atoms. The molecule has 3 N–H and O–H groups in total. The average Bonchev–Trinajstić information content (AvgIpc) is 2.74. The molecule has 1 fully saturated rings. The Morgan fingerprint density at radius 1 is 1.42 bits per heavy atom. The molecule has 2 rings (SSSR count). The maximum atomic E-state index is 8.90. The number of methoxy groups -OCH3 is 1. The zero-order valence-corrected chi connectivity index (χ0v) is 11.8. The summed E-state index contributed by atoms with van der Waals surface area (Å²) < 4.78 is 5.27. The molecular weight excluding hydrogens is 262 g/mol. The van der Waals surface area contributed by atoms with Crippen molar-refractivity contribution in [3.8, 4) is 5.75 Å². The van der Waals surface area contributed by atoms with Gasteiger partial charge in [0.05, 0.1) is 12.8 Å². The van der Waals surface area contributed by atoms with Crippen molar-refractivity contribution in [2.45, 2.75) is 6.42 Å². The Bertz CT molecular complexity index is 457. The Morgan fingerprint density at radius 3 is 3.00 bits per heavy atom. The van der Waals surface area contributed by atoms with Gasteiger partial charge in [-0.05, 0) is 24.3 Å². The van der Waals surface area contributed by atoms with Crippen molar-refractivity contribution in [3.63, 3.8) is 0 Å². The minimum absolute atomic E-state index is 0.134. The first-order chi connectivity index (χ1) is 9.26. The van der Waals surface area contributed by atoms with Crippen LogP contribution < -0.4 is 15.4 Å². The molecule has 0 unspecified atom stereocenters. The van der Waals surface area contributed by atoms with Crippen molar-refractivity contribution in [2.75, 3.05) is 36.6 Å². The van der Waals surface area contributed by atoms with Crippen molar-refractivity contribution in [1.29, 1.82) is 0 Å². The van der Waals surface area contributed by atoms with E-state index in [1.807, 2.05) is 30.0 Å². The molecular formula is C13H19N3O2S. The Balaban J connectivity index is 2.38.